The summed E-state index contributed by atoms with van der Waals surface area (Å²) in [6, 6.07) is 1.18. The van der Waals surface area contributed by atoms with Crippen molar-refractivity contribution >= 4 is 81.8 Å². The van der Waals surface area contributed by atoms with Crippen molar-refractivity contribution in [2.24, 2.45) is 11.8 Å². The molecule has 4 amide bonds. The number of urea groups is 2. The summed E-state index contributed by atoms with van der Waals surface area (Å²) in [7, 11) is 0. The maximum atomic E-state index is 12.1. The van der Waals surface area contributed by atoms with Gasteiger partial charge >= 0.3 is 24.0 Å². The number of esters is 2. The monoisotopic (exact) mass is 738 g/mol. The SMILES string of the molecule is CCOC(=O)C(CC(C)C)NC(=O)Nc1cc(Cl)c(C)c(Cl)c1O.CCOC(=O)C(CC(C)C)NC(=O)Nc1cc(Cl)cc(Cl)c1O. The summed E-state index contributed by atoms with van der Waals surface area (Å²) < 4.78 is 9.91. The quantitative estimate of drug-likeness (QED) is 0.0940. The van der Waals surface area contributed by atoms with Crippen LogP contribution >= 0.6 is 46.4 Å². The van der Waals surface area contributed by atoms with Gasteiger partial charge in [0.05, 0.1) is 34.6 Å². The van der Waals surface area contributed by atoms with Gasteiger partial charge in [0.2, 0.25) is 0 Å². The minimum atomic E-state index is -0.788. The summed E-state index contributed by atoms with van der Waals surface area (Å²) in [5.74, 6) is -1.25. The van der Waals surface area contributed by atoms with E-state index in [4.69, 9.17) is 55.9 Å². The highest BCUT2D eigenvalue weighted by Gasteiger charge is 2.25. The molecule has 0 aliphatic rings. The number of rotatable bonds is 12. The molecule has 262 valence electrons. The molecule has 2 unspecified atom stereocenters. The first kappa shape index (κ1) is 41.7. The lowest BCUT2D eigenvalue weighted by atomic mass is 10.0. The Morgan fingerprint density at radius 1 is 0.702 bits per heavy atom. The lowest BCUT2D eigenvalue weighted by molar-refractivity contribution is -0.146. The van der Waals surface area contributed by atoms with Gasteiger partial charge in [-0.05, 0) is 69.2 Å². The lowest BCUT2D eigenvalue weighted by Crippen LogP contribution is -2.44. The van der Waals surface area contributed by atoms with Crippen molar-refractivity contribution in [1.82, 2.24) is 10.6 Å². The zero-order valence-electron chi connectivity index (χ0n) is 27.2. The van der Waals surface area contributed by atoms with Crippen molar-refractivity contribution in [1.29, 1.82) is 0 Å². The average Bonchev–Trinajstić information content (AvgIpc) is 2.96. The Morgan fingerprint density at radius 3 is 1.53 bits per heavy atom. The molecule has 2 aromatic carbocycles. The van der Waals surface area contributed by atoms with E-state index in [0.717, 1.165) is 0 Å². The van der Waals surface area contributed by atoms with Crippen LogP contribution in [0.4, 0.5) is 21.0 Å². The average molecular weight is 741 g/mol. The van der Waals surface area contributed by atoms with E-state index in [9.17, 15) is 29.4 Å². The smallest absolute Gasteiger partial charge is 0.328 e. The predicted molar refractivity (Wildman–Crippen MR) is 185 cm³/mol. The molecular formula is C31H42Cl4N4O8. The summed E-state index contributed by atoms with van der Waals surface area (Å²) in [6.45, 7) is 13.2. The highest BCUT2D eigenvalue weighted by Crippen LogP contribution is 2.39. The first-order chi connectivity index (χ1) is 21.9. The van der Waals surface area contributed by atoms with E-state index in [-0.39, 0.29) is 63.0 Å². The van der Waals surface area contributed by atoms with Crippen LogP contribution in [0.15, 0.2) is 18.2 Å². The van der Waals surface area contributed by atoms with Crippen LogP contribution in [0.1, 0.15) is 59.9 Å². The maximum absolute atomic E-state index is 12.1. The van der Waals surface area contributed by atoms with E-state index in [0.29, 0.717) is 23.4 Å². The number of hydrogen-bond donors (Lipinski definition) is 6. The zero-order chi connectivity index (χ0) is 36.0. The molecule has 0 saturated heterocycles. The van der Waals surface area contributed by atoms with E-state index >= 15 is 0 Å². The number of carbonyl (C=O) groups is 4. The number of nitrogens with one attached hydrogen (secondary N) is 4. The van der Waals surface area contributed by atoms with Crippen LogP contribution in [0.5, 0.6) is 11.5 Å². The molecule has 0 heterocycles. The van der Waals surface area contributed by atoms with Gasteiger partial charge in [0.15, 0.2) is 11.5 Å². The summed E-state index contributed by atoms with van der Waals surface area (Å²) in [5.41, 5.74) is 0.610. The molecule has 0 spiro atoms. The van der Waals surface area contributed by atoms with Gasteiger partial charge in [-0.15, -0.1) is 0 Å². The predicted octanol–water partition coefficient (Wildman–Crippen LogP) is 7.91. The molecule has 0 bridgehead atoms. The molecule has 6 N–H and O–H groups in total. The van der Waals surface area contributed by atoms with Gasteiger partial charge in [0.25, 0.3) is 0 Å². The highest BCUT2D eigenvalue weighted by atomic mass is 35.5. The van der Waals surface area contributed by atoms with Gasteiger partial charge in [0, 0.05) is 10.0 Å². The molecular weight excluding hydrogens is 698 g/mol. The Morgan fingerprint density at radius 2 is 1.13 bits per heavy atom. The molecule has 12 nitrogen and oxygen atoms in total. The third kappa shape index (κ3) is 14.1. The molecule has 0 radical (unpaired) electrons. The van der Waals surface area contributed by atoms with Crippen LogP contribution in [0.25, 0.3) is 0 Å². The Balaban J connectivity index is 0.000000470. The van der Waals surface area contributed by atoms with Gasteiger partial charge < -0.3 is 41.0 Å². The number of benzene rings is 2. The second-order valence-electron chi connectivity index (χ2n) is 11.0. The Bertz CT molecular complexity index is 1410. The maximum Gasteiger partial charge on any atom is 0.328 e. The van der Waals surface area contributed by atoms with Gasteiger partial charge in [-0.2, -0.15) is 0 Å². The first-order valence-electron chi connectivity index (χ1n) is 14.7. The minimum absolute atomic E-state index is 0.0110. The number of halogens is 4. The first-order valence-corrected chi connectivity index (χ1v) is 16.3. The summed E-state index contributed by atoms with van der Waals surface area (Å²) in [5, 5.41) is 30.4. The Hall–Kier alpha value is -3.32. The lowest BCUT2D eigenvalue weighted by Gasteiger charge is -2.20. The van der Waals surface area contributed by atoms with Crippen LogP contribution in [0.2, 0.25) is 20.1 Å². The largest absolute Gasteiger partial charge is 0.504 e. The molecule has 2 aromatic rings. The molecule has 0 saturated carbocycles. The molecule has 0 aliphatic heterocycles. The topological polar surface area (TPSA) is 175 Å². The molecule has 47 heavy (non-hydrogen) atoms. The summed E-state index contributed by atoms with van der Waals surface area (Å²) in [6.07, 6.45) is 0.849. The van der Waals surface area contributed by atoms with Crippen molar-refractivity contribution in [2.45, 2.75) is 73.4 Å². The number of hydrogen-bond acceptors (Lipinski definition) is 8. The summed E-state index contributed by atoms with van der Waals surface area (Å²) >= 11 is 23.6. The number of aromatic hydroxyl groups is 2. The van der Waals surface area contributed by atoms with Crippen LogP contribution < -0.4 is 21.3 Å². The fourth-order valence-electron chi connectivity index (χ4n) is 3.95. The van der Waals surface area contributed by atoms with Crippen LogP contribution in [0, 0.1) is 18.8 Å². The second-order valence-corrected chi connectivity index (χ2v) is 12.7. The number of phenols is 2. The van der Waals surface area contributed by atoms with E-state index in [2.05, 4.69) is 21.3 Å². The number of anilines is 2. The Labute approximate surface area is 294 Å². The van der Waals surface area contributed by atoms with E-state index < -0.39 is 36.1 Å². The van der Waals surface area contributed by atoms with Gasteiger partial charge in [-0.1, -0.05) is 74.1 Å². The van der Waals surface area contributed by atoms with Crippen molar-refractivity contribution in [3.05, 3.63) is 43.9 Å². The fourth-order valence-corrected chi connectivity index (χ4v) is 4.90. The third-order valence-electron chi connectivity index (χ3n) is 6.11. The molecule has 0 fully saturated rings. The van der Waals surface area contributed by atoms with Crippen LogP contribution in [-0.2, 0) is 19.1 Å². The number of carbonyl (C=O) groups excluding carboxylic acids is 4. The van der Waals surface area contributed by atoms with E-state index in [1.54, 1.807) is 20.8 Å². The van der Waals surface area contributed by atoms with Crippen LogP contribution in [0.3, 0.4) is 0 Å². The molecule has 0 aromatic heterocycles. The molecule has 0 aliphatic carbocycles. The molecule has 2 rings (SSSR count). The Kier molecular flexibility index (Phi) is 17.9. The number of ether oxygens (including phenoxy) is 2. The van der Waals surface area contributed by atoms with E-state index in [1.165, 1.54) is 18.2 Å². The van der Waals surface area contributed by atoms with E-state index in [1.807, 2.05) is 27.7 Å². The van der Waals surface area contributed by atoms with Crippen molar-refractivity contribution in [3.63, 3.8) is 0 Å². The highest BCUT2D eigenvalue weighted by molar-refractivity contribution is 6.38. The standard InChI is InChI=1S/C16H22Cl2N2O4.C15H20Cl2N2O4/c1-5-24-15(22)12(6-8(2)3)20-16(23)19-11-7-10(17)9(4)13(18)14(11)21;1-4-23-14(21)12(5-8(2)3)19-15(22)18-11-7-9(16)6-10(17)13(11)20/h7-8,12,21H,5-6H2,1-4H3,(H2,19,20,23);6-8,12,20H,4-5H2,1-3H3,(H2,18,19,22). The van der Waals surface area contributed by atoms with Crippen molar-refractivity contribution in [2.75, 3.05) is 23.8 Å². The van der Waals surface area contributed by atoms with Gasteiger partial charge in [-0.25, -0.2) is 19.2 Å². The molecule has 2 atom stereocenters. The third-order valence-corrected chi connectivity index (χ3v) is 7.47. The van der Waals surface area contributed by atoms with Crippen molar-refractivity contribution < 1.29 is 38.9 Å². The molecule has 16 heteroatoms. The van der Waals surface area contributed by atoms with Crippen molar-refractivity contribution in [3.8, 4) is 11.5 Å². The number of amides is 4. The summed E-state index contributed by atoms with van der Waals surface area (Å²) in [4.78, 5) is 48.0. The number of phenolic OH excluding ortho intramolecular Hbond substituents is 2. The minimum Gasteiger partial charge on any atom is -0.504 e. The second kappa shape index (κ2) is 20.1. The fraction of sp³-hybridized carbons (Fsp3) is 0.484. The van der Waals surface area contributed by atoms with Crippen LogP contribution in [-0.4, -0.2) is 59.5 Å². The van der Waals surface area contributed by atoms with Gasteiger partial charge in [-0.3, -0.25) is 0 Å². The zero-order valence-corrected chi connectivity index (χ0v) is 30.2. The van der Waals surface area contributed by atoms with Gasteiger partial charge in [0.1, 0.15) is 12.1 Å². The normalized spacial score (nSPS) is 11.9.